The molecule has 0 atom stereocenters. The monoisotopic (exact) mass is 410 g/mol. The van der Waals surface area contributed by atoms with E-state index >= 15 is 0 Å². The third-order valence-corrected chi connectivity index (χ3v) is 4.10. The number of phenolic OH excluding ortho intramolecular Hbond substituents is 2. The van der Waals surface area contributed by atoms with Crippen LogP contribution in [0.2, 0.25) is 0 Å². The largest absolute Gasteiger partial charge is 0.508 e. The Morgan fingerprint density at radius 3 is 2.53 bits per heavy atom. The topological polar surface area (TPSA) is 100 Å². The molecule has 3 aromatic rings. The summed E-state index contributed by atoms with van der Waals surface area (Å²) in [5, 5.41) is 22.8. The van der Waals surface area contributed by atoms with Crippen molar-refractivity contribution in [3.05, 3.63) is 83.2 Å². The molecule has 30 heavy (non-hydrogen) atoms. The van der Waals surface area contributed by atoms with Gasteiger partial charge in [0.05, 0.1) is 18.9 Å². The molecule has 0 radical (unpaired) electrons. The van der Waals surface area contributed by atoms with Crippen molar-refractivity contribution < 1.29 is 28.9 Å². The van der Waals surface area contributed by atoms with Gasteiger partial charge in [0.2, 0.25) is 0 Å². The molecule has 0 fully saturated rings. The SMILES string of the molecule is COc1cc(/C=N/NC(=O)c2ccc(O)cc2O)ccc1OCc1ccc(F)cc1. The summed E-state index contributed by atoms with van der Waals surface area (Å²) in [4.78, 5) is 12.1. The lowest BCUT2D eigenvalue weighted by atomic mass is 10.2. The van der Waals surface area contributed by atoms with Crippen molar-refractivity contribution in [2.45, 2.75) is 6.61 Å². The zero-order chi connectivity index (χ0) is 21.5. The van der Waals surface area contributed by atoms with E-state index < -0.39 is 5.91 Å². The van der Waals surface area contributed by atoms with Gasteiger partial charge in [-0.25, -0.2) is 9.82 Å². The molecule has 154 valence electrons. The number of aromatic hydroxyl groups is 2. The molecule has 1 amide bonds. The molecule has 3 aromatic carbocycles. The molecule has 0 aromatic heterocycles. The number of phenols is 2. The van der Waals surface area contributed by atoms with Crippen molar-refractivity contribution in [3.8, 4) is 23.0 Å². The molecule has 8 heteroatoms. The molecule has 0 aliphatic rings. The van der Waals surface area contributed by atoms with Crippen LogP contribution in [0, 0.1) is 5.82 Å². The second-order valence-electron chi connectivity index (χ2n) is 6.23. The van der Waals surface area contributed by atoms with Crippen molar-refractivity contribution in [1.29, 1.82) is 0 Å². The van der Waals surface area contributed by atoms with Crippen molar-refractivity contribution in [2.24, 2.45) is 5.10 Å². The number of halogens is 1. The standard InChI is InChI=1S/C22H19FN2O5/c1-29-21-10-15(4-9-20(21)30-13-14-2-5-16(23)6-3-14)12-24-25-22(28)18-8-7-17(26)11-19(18)27/h2-12,26-27H,13H2,1H3,(H,25,28)/b24-12+. The molecule has 0 aliphatic heterocycles. The maximum atomic E-state index is 13.0. The molecule has 0 aliphatic carbocycles. The number of carbonyl (C=O) groups is 1. The quantitative estimate of drug-likeness (QED) is 0.408. The van der Waals surface area contributed by atoms with Crippen molar-refractivity contribution in [1.82, 2.24) is 5.43 Å². The van der Waals surface area contributed by atoms with Crippen LogP contribution in [-0.4, -0.2) is 29.4 Å². The van der Waals surface area contributed by atoms with Gasteiger partial charge in [0.15, 0.2) is 11.5 Å². The number of nitrogens with one attached hydrogen (secondary N) is 1. The first-order valence-corrected chi connectivity index (χ1v) is 8.87. The maximum absolute atomic E-state index is 13.0. The molecule has 0 saturated heterocycles. The van der Waals surface area contributed by atoms with E-state index in [0.29, 0.717) is 17.1 Å². The highest BCUT2D eigenvalue weighted by atomic mass is 19.1. The van der Waals surface area contributed by atoms with Crippen molar-refractivity contribution in [2.75, 3.05) is 7.11 Å². The van der Waals surface area contributed by atoms with Gasteiger partial charge in [0.25, 0.3) is 5.91 Å². The number of ether oxygens (including phenoxy) is 2. The van der Waals surface area contributed by atoms with Gasteiger partial charge >= 0.3 is 0 Å². The first-order valence-electron chi connectivity index (χ1n) is 8.87. The highest BCUT2D eigenvalue weighted by molar-refractivity contribution is 5.97. The predicted molar refractivity (Wildman–Crippen MR) is 109 cm³/mol. The lowest BCUT2D eigenvalue weighted by Crippen LogP contribution is -2.17. The number of carbonyl (C=O) groups excluding carboxylic acids is 1. The Labute approximate surface area is 172 Å². The minimum atomic E-state index is -0.630. The van der Waals surface area contributed by atoms with E-state index in [0.717, 1.165) is 11.6 Å². The number of amides is 1. The van der Waals surface area contributed by atoms with Gasteiger partial charge in [0, 0.05) is 6.07 Å². The molecule has 0 bridgehead atoms. The van der Waals surface area contributed by atoms with Crippen LogP contribution in [0.1, 0.15) is 21.5 Å². The van der Waals surface area contributed by atoms with Gasteiger partial charge in [-0.3, -0.25) is 4.79 Å². The van der Waals surface area contributed by atoms with Crippen LogP contribution in [0.25, 0.3) is 0 Å². The Kier molecular flexibility index (Phi) is 6.49. The van der Waals surface area contributed by atoms with Crippen LogP contribution in [0.3, 0.4) is 0 Å². The van der Waals surface area contributed by atoms with Crippen molar-refractivity contribution in [3.63, 3.8) is 0 Å². The number of rotatable bonds is 7. The van der Waals surface area contributed by atoms with E-state index in [9.17, 15) is 19.4 Å². The summed E-state index contributed by atoms with van der Waals surface area (Å²) in [5.74, 6) is -0.489. The molecule has 3 N–H and O–H groups in total. The third-order valence-electron chi connectivity index (χ3n) is 4.10. The van der Waals surface area contributed by atoms with Gasteiger partial charge in [-0.1, -0.05) is 12.1 Å². The summed E-state index contributed by atoms with van der Waals surface area (Å²) in [6.07, 6.45) is 1.40. The fraction of sp³-hybridized carbons (Fsp3) is 0.0909. The Morgan fingerprint density at radius 1 is 1.07 bits per heavy atom. The van der Waals surface area contributed by atoms with E-state index in [4.69, 9.17) is 9.47 Å². The van der Waals surface area contributed by atoms with E-state index in [1.54, 1.807) is 30.3 Å². The lowest BCUT2D eigenvalue weighted by molar-refractivity contribution is 0.0952. The second kappa shape index (κ2) is 9.42. The average Bonchev–Trinajstić information content (AvgIpc) is 2.73. The first-order chi connectivity index (χ1) is 14.5. The van der Waals surface area contributed by atoms with Crippen LogP contribution in [-0.2, 0) is 6.61 Å². The number of hydrazone groups is 1. The number of nitrogens with zero attached hydrogens (tertiary/aromatic N) is 1. The summed E-state index contributed by atoms with van der Waals surface area (Å²) < 4.78 is 24.0. The highest BCUT2D eigenvalue weighted by Crippen LogP contribution is 2.28. The van der Waals surface area contributed by atoms with Crippen LogP contribution >= 0.6 is 0 Å². The van der Waals surface area contributed by atoms with E-state index in [1.807, 2.05) is 0 Å². The number of benzene rings is 3. The summed E-state index contributed by atoms with van der Waals surface area (Å²) in [6.45, 7) is 0.246. The lowest BCUT2D eigenvalue weighted by Gasteiger charge is -2.11. The molecular weight excluding hydrogens is 391 g/mol. The molecule has 0 spiro atoms. The number of hydrogen-bond acceptors (Lipinski definition) is 6. The Bertz CT molecular complexity index is 1070. The van der Waals surface area contributed by atoms with Crippen molar-refractivity contribution >= 4 is 12.1 Å². The number of hydrogen-bond donors (Lipinski definition) is 3. The normalized spacial score (nSPS) is 10.7. The molecule has 0 heterocycles. The third kappa shape index (κ3) is 5.26. The van der Waals surface area contributed by atoms with Gasteiger partial charge in [-0.05, 0) is 53.6 Å². The zero-order valence-corrected chi connectivity index (χ0v) is 16.0. The summed E-state index contributed by atoms with van der Waals surface area (Å²) >= 11 is 0. The van der Waals surface area contributed by atoms with Gasteiger partial charge in [-0.15, -0.1) is 0 Å². The summed E-state index contributed by atoms with van der Waals surface area (Å²) in [5.41, 5.74) is 3.72. The molecule has 7 nitrogen and oxygen atoms in total. The zero-order valence-electron chi connectivity index (χ0n) is 16.0. The summed E-state index contributed by atoms with van der Waals surface area (Å²) in [6, 6.07) is 14.7. The Morgan fingerprint density at radius 2 is 1.83 bits per heavy atom. The fourth-order valence-electron chi connectivity index (χ4n) is 2.56. The van der Waals surface area contributed by atoms with Gasteiger partial charge in [0.1, 0.15) is 23.9 Å². The van der Waals surface area contributed by atoms with Gasteiger partial charge < -0.3 is 19.7 Å². The molecule has 0 unspecified atom stereocenters. The van der Waals surface area contributed by atoms with Crippen LogP contribution in [0.15, 0.2) is 65.8 Å². The smallest absolute Gasteiger partial charge is 0.275 e. The van der Waals surface area contributed by atoms with E-state index in [-0.39, 0.29) is 29.5 Å². The average molecular weight is 410 g/mol. The van der Waals surface area contributed by atoms with Gasteiger partial charge in [-0.2, -0.15) is 5.10 Å². The summed E-state index contributed by atoms with van der Waals surface area (Å²) in [7, 11) is 1.50. The van der Waals surface area contributed by atoms with Crippen LogP contribution < -0.4 is 14.9 Å². The Hall–Kier alpha value is -4.07. The minimum absolute atomic E-state index is 0.0212. The second-order valence-corrected chi connectivity index (χ2v) is 6.23. The van der Waals surface area contributed by atoms with E-state index in [2.05, 4.69) is 10.5 Å². The van der Waals surface area contributed by atoms with Crippen LogP contribution in [0.4, 0.5) is 4.39 Å². The molecule has 0 saturated carbocycles. The Balaban J connectivity index is 1.63. The number of methoxy groups -OCH3 is 1. The molecule has 3 rings (SSSR count). The first kappa shape index (κ1) is 20.7. The fourth-order valence-corrected chi connectivity index (χ4v) is 2.56. The van der Waals surface area contributed by atoms with Crippen LogP contribution in [0.5, 0.6) is 23.0 Å². The van der Waals surface area contributed by atoms with E-state index in [1.165, 1.54) is 37.6 Å². The maximum Gasteiger partial charge on any atom is 0.275 e. The predicted octanol–water partition coefficient (Wildman–Crippen LogP) is 3.59. The molecular formula is C22H19FN2O5. The minimum Gasteiger partial charge on any atom is -0.508 e. The highest BCUT2D eigenvalue weighted by Gasteiger charge is 2.11.